The predicted octanol–water partition coefficient (Wildman–Crippen LogP) is 2.90. The minimum atomic E-state index is -0.764. The van der Waals surface area contributed by atoms with Crippen LogP contribution in [0.2, 0.25) is 5.02 Å². The third-order valence-corrected chi connectivity index (χ3v) is 4.89. The zero-order valence-electron chi connectivity index (χ0n) is 16.4. The van der Waals surface area contributed by atoms with Gasteiger partial charge in [-0.05, 0) is 23.8 Å². The number of aliphatic hydroxyl groups excluding tert-OH is 1. The number of anilines is 1. The van der Waals surface area contributed by atoms with Crippen LogP contribution in [-0.4, -0.2) is 35.2 Å². The van der Waals surface area contributed by atoms with E-state index in [2.05, 4.69) is 10.9 Å². The molecular formula is C21H23ClN4O4. The second-order valence-electron chi connectivity index (χ2n) is 6.57. The van der Waals surface area contributed by atoms with Crippen LogP contribution in [0.1, 0.15) is 24.2 Å². The molecule has 0 spiro atoms. The summed E-state index contributed by atoms with van der Waals surface area (Å²) < 4.78 is 0. The minimum absolute atomic E-state index is 0.0721. The number of hydrazine groups is 1. The van der Waals surface area contributed by atoms with Crippen molar-refractivity contribution in [1.29, 1.82) is 0 Å². The third kappa shape index (κ3) is 5.37. The summed E-state index contributed by atoms with van der Waals surface area (Å²) >= 11 is 6.13. The van der Waals surface area contributed by atoms with E-state index >= 15 is 0 Å². The Hall–Kier alpha value is -2.91. The molecule has 1 heterocycles. The Kier molecular flexibility index (Phi) is 7.42. The van der Waals surface area contributed by atoms with Crippen molar-refractivity contribution in [1.82, 2.24) is 15.9 Å². The fourth-order valence-corrected chi connectivity index (χ4v) is 3.16. The van der Waals surface area contributed by atoms with Crippen molar-refractivity contribution in [3.8, 4) is 0 Å². The molecule has 1 unspecified atom stereocenters. The average Bonchev–Trinajstić information content (AvgIpc) is 2.74. The van der Waals surface area contributed by atoms with Gasteiger partial charge in [0.2, 0.25) is 5.91 Å². The lowest BCUT2D eigenvalue weighted by Gasteiger charge is -2.27. The van der Waals surface area contributed by atoms with E-state index in [1.165, 1.54) is 29.1 Å². The number of hydroxylamine groups is 1. The first-order chi connectivity index (χ1) is 14.5. The van der Waals surface area contributed by atoms with Gasteiger partial charge in [-0.2, -0.15) is 0 Å². The van der Waals surface area contributed by atoms with E-state index in [0.29, 0.717) is 22.8 Å². The highest BCUT2D eigenvalue weighted by Gasteiger charge is 2.23. The first kappa shape index (κ1) is 21.8. The Bertz CT molecular complexity index is 937. The van der Waals surface area contributed by atoms with E-state index in [1.807, 2.05) is 18.2 Å². The van der Waals surface area contributed by atoms with E-state index in [9.17, 15) is 14.7 Å². The van der Waals surface area contributed by atoms with Gasteiger partial charge in [0.15, 0.2) is 0 Å². The number of fused-ring (bicyclic) bond motifs is 1. The number of rotatable bonds is 7. The zero-order valence-corrected chi connectivity index (χ0v) is 17.2. The van der Waals surface area contributed by atoms with E-state index in [1.54, 1.807) is 30.3 Å². The van der Waals surface area contributed by atoms with Crippen molar-refractivity contribution in [2.75, 3.05) is 18.1 Å². The maximum Gasteiger partial charge on any atom is 0.349 e. The van der Waals surface area contributed by atoms with Crippen LogP contribution in [0.15, 0.2) is 60.8 Å². The van der Waals surface area contributed by atoms with Crippen molar-refractivity contribution >= 4 is 29.2 Å². The molecule has 158 valence electrons. The van der Waals surface area contributed by atoms with Crippen LogP contribution < -0.4 is 15.8 Å². The molecule has 1 aliphatic heterocycles. The highest BCUT2D eigenvalue weighted by Crippen LogP contribution is 2.31. The smallest absolute Gasteiger partial charge is 0.349 e. The van der Waals surface area contributed by atoms with Crippen molar-refractivity contribution in [3.05, 3.63) is 77.0 Å². The monoisotopic (exact) mass is 430 g/mol. The minimum Gasteiger partial charge on any atom is -0.384 e. The lowest BCUT2D eigenvalue weighted by atomic mass is 10.0. The Morgan fingerprint density at radius 3 is 2.70 bits per heavy atom. The van der Waals surface area contributed by atoms with E-state index in [-0.39, 0.29) is 19.1 Å². The molecule has 3 N–H and O–H groups in total. The molecule has 1 aliphatic rings. The maximum atomic E-state index is 12.4. The summed E-state index contributed by atoms with van der Waals surface area (Å²) in [6.45, 7) is 2.09. The third-order valence-electron chi connectivity index (χ3n) is 4.53. The Labute approximate surface area is 179 Å². The number of carbonyl (C=O) groups is 2. The highest BCUT2D eigenvalue weighted by molar-refractivity contribution is 6.31. The summed E-state index contributed by atoms with van der Waals surface area (Å²) in [5, 5.41) is 12.0. The Morgan fingerprint density at radius 1 is 1.20 bits per heavy atom. The summed E-state index contributed by atoms with van der Waals surface area (Å²) in [4.78, 5) is 30.9. The Morgan fingerprint density at radius 2 is 1.93 bits per heavy atom. The van der Waals surface area contributed by atoms with Crippen molar-refractivity contribution in [2.24, 2.45) is 0 Å². The van der Waals surface area contributed by atoms with Gasteiger partial charge in [0.05, 0.1) is 18.8 Å². The molecule has 0 aliphatic carbocycles. The molecule has 3 rings (SSSR count). The number of para-hydroxylation sites is 1. The summed E-state index contributed by atoms with van der Waals surface area (Å²) in [5.41, 5.74) is 7.41. The van der Waals surface area contributed by atoms with Crippen molar-refractivity contribution < 1.29 is 19.5 Å². The van der Waals surface area contributed by atoms with Crippen LogP contribution in [0.5, 0.6) is 0 Å². The van der Waals surface area contributed by atoms with Crippen LogP contribution >= 0.6 is 11.6 Å². The van der Waals surface area contributed by atoms with Gasteiger partial charge in [0, 0.05) is 30.3 Å². The molecule has 30 heavy (non-hydrogen) atoms. The van der Waals surface area contributed by atoms with E-state index in [4.69, 9.17) is 16.4 Å². The summed E-state index contributed by atoms with van der Waals surface area (Å²) in [6.07, 6.45) is 2.23. The number of hydrogen-bond donors (Lipinski definition) is 3. The van der Waals surface area contributed by atoms with Crippen molar-refractivity contribution in [2.45, 2.75) is 19.6 Å². The van der Waals surface area contributed by atoms with Gasteiger partial charge in [-0.1, -0.05) is 48.0 Å². The first-order valence-electron chi connectivity index (χ1n) is 9.38. The van der Waals surface area contributed by atoms with Gasteiger partial charge in [-0.3, -0.25) is 19.5 Å². The number of urea groups is 1. The quantitative estimate of drug-likeness (QED) is 0.464. The molecule has 0 saturated heterocycles. The SMILES string of the molecule is CC(=O)N(CCONC(=O)N1C=CC(O)c2ccccc21)NCc1ccccc1Cl. The van der Waals surface area contributed by atoms with Crippen LogP contribution in [-0.2, 0) is 16.2 Å². The molecule has 9 heteroatoms. The number of nitrogens with zero attached hydrogens (tertiary/aromatic N) is 2. The van der Waals surface area contributed by atoms with Gasteiger partial charge in [-0.15, -0.1) is 0 Å². The lowest BCUT2D eigenvalue weighted by molar-refractivity contribution is -0.133. The van der Waals surface area contributed by atoms with Gasteiger partial charge in [0.25, 0.3) is 0 Å². The molecule has 0 saturated carbocycles. The molecule has 1 atom stereocenters. The van der Waals surface area contributed by atoms with Gasteiger partial charge < -0.3 is 5.11 Å². The largest absolute Gasteiger partial charge is 0.384 e. The Balaban J connectivity index is 1.48. The molecular weight excluding hydrogens is 408 g/mol. The molecule has 3 amide bonds. The van der Waals surface area contributed by atoms with Crippen LogP contribution in [0, 0.1) is 0 Å². The topological polar surface area (TPSA) is 94.1 Å². The fraction of sp³-hybridized carbons (Fsp3) is 0.238. The van der Waals surface area contributed by atoms with Crippen LogP contribution in [0.4, 0.5) is 10.5 Å². The normalized spacial score (nSPS) is 14.9. The molecule has 0 aromatic heterocycles. The van der Waals surface area contributed by atoms with Crippen molar-refractivity contribution in [3.63, 3.8) is 0 Å². The molecule has 2 aromatic carbocycles. The van der Waals surface area contributed by atoms with E-state index in [0.717, 1.165) is 5.56 Å². The summed E-state index contributed by atoms with van der Waals surface area (Å²) in [5.74, 6) is -0.196. The van der Waals surface area contributed by atoms with Gasteiger partial charge in [0.1, 0.15) is 6.10 Å². The molecule has 0 fully saturated rings. The fourth-order valence-electron chi connectivity index (χ4n) is 2.95. The number of halogens is 1. The maximum absolute atomic E-state index is 12.4. The standard InChI is InChI=1S/C21H23ClN4O4/c1-15(27)26(23-14-16-6-2-4-8-18(16)22)12-13-30-24-21(29)25-11-10-20(28)17-7-3-5-9-19(17)25/h2-11,20,23,28H,12-14H2,1H3,(H,24,29). The van der Waals surface area contributed by atoms with Gasteiger partial charge >= 0.3 is 6.03 Å². The average molecular weight is 431 g/mol. The molecule has 2 aromatic rings. The lowest BCUT2D eigenvalue weighted by Crippen LogP contribution is -2.45. The summed E-state index contributed by atoms with van der Waals surface area (Å²) in [7, 11) is 0. The second-order valence-corrected chi connectivity index (χ2v) is 6.98. The van der Waals surface area contributed by atoms with Crippen LogP contribution in [0.25, 0.3) is 0 Å². The molecule has 0 radical (unpaired) electrons. The number of nitrogens with one attached hydrogen (secondary N) is 2. The molecule has 8 nitrogen and oxygen atoms in total. The highest BCUT2D eigenvalue weighted by atomic mass is 35.5. The number of amides is 3. The molecule has 0 bridgehead atoms. The second kappa shape index (κ2) is 10.2. The number of hydrogen-bond acceptors (Lipinski definition) is 5. The van der Waals surface area contributed by atoms with Gasteiger partial charge in [-0.25, -0.2) is 15.7 Å². The zero-order chi connectivity index (χ0) is 21.5. The van der Waals surface area contributed by atoms with E-state index < -0.39 is 12.1 Å². The summed E-state index contributed by atoms with van der Waals surface area (Å²) in [6, 6.07) is 13.9. The number of carbonyl (C=O) groups excluding carboxylic acids is 2. The number of benzene rings is 2. The predicted molar refractivity (Wildman–Crippen MR) is 113 cm³/mol. The van der Waals surface area contributed by atoms with Crippen LogP contribution in [0.3, 0.4) is 0 Å². The first-order valence-corrected chi connectivity index (χ1v) is 9.76. The number of aliphatic hydroxyl groups is 1.